The van der Waals surface area contributed by atoms with Gasteiger partial charge in [0.05, 0.1) is 13.2 Å². The van der Waals surface area contributed by atoms with Crippen LogP contribution in [-0.2, 0) is 11.2 Å². The monoisotopic (exact) mass is 390 g/mol. The molecule has 4 aliphatic heterocycles. The lowest BCUT2D eigenvalue weighted by Crippen LogP contribution is -2.49. The predicted octanol–water partition coefficient (Wildman–Crippen LogP) is 3.90. The predicted molar refractivity (Wildman–Crippen MR) is 114 cm³/mol. The zero-order chi connectivity index (χ0) is 19.8. The zero-order valence-corrected chi connectivity index (χ0v) is 17.2. The second kappa shape index (κ2) is 7.83. The van der Waals surface area contributed by atoms with Gasteiger partial charge in [-0.05, 0) is 73.0 Å². The van der Waals surface area contributed by atoms with E-state index >= 15 is 0 Å². The molecule has 0 aromatic heterocycles. The van der Waals surface area contributed by atoms with Crippen LogP contribution in [0.15, 0.2) is 48.5 Å². The molecule has 4 heteroatoms. The molecule has 4 aliphatic rings. The minimum Gasteiger partial charge on any atom is -0.497 e. The molecule has 0 N–H and O–H groups in total. The summed E-state index contributed by atoms with van der Waals surface area (Å²) >= 11 is 0. The fourth-order valence-corrected chi connectivity index (χ4v) is 5.64. The van der Waals surface area contributed by atoms with Crippen molar-refractivity contribution in [1.82, 2.24) is 9.80 Å². The Morgan fingerprint density at radius 1 is 1.03 bits per heavy atom. The number of carbonyl (C=O) groups is 1. The third-order valence-electron chi connectivity index (χ3n) is 7.26. The van der Waals surface area contributed by atoms with Crippen molar-refractivity contribution in [2.45, 2.75) is 31.7 Å². The molecule has 3 saturated heterocycles. The number of carbonyl (C=O) groups excluding carboxylic acids is 1. The van der Waals surface area contributed by atoms with Crippen LogP contribution in [0.3, 0.4) is 0 Å². The molecule has 152 valence electrons. The van der Waals surface area contributed by atoms with Crippen molar-refractivity contribution in [1.29, 1.82) is 0 Å². The van der Waals surface area contributed by atoms with E-state index in [1.165, 1.54) is 42.6 Å². The Hall–Kier alpha value is -2.33. The molecule has 0 radical (unpaired) electrons. The number of piperidine rings is 3. The minimum absolute atomic E-state index is 0.000518. The number of amides is 1. The van der Waals surface area contributed by atoms with Gasteiger partial charge in [-0.15, -0.1) is 0 Å². The van der Waals surface area contributed by atoms with Crippen molar-refractivity contribution in [2.75, 3.05) is 33.3 Å². The van der Waals surface area contributed by atoms with Crippen molar-refractivity contribution < 1.29 is 9.53 Å². The van der Waals surface area contributed by atoms with Crippen LogP contribution in [0.1, 0.15) is 42.0 Å². The Labute approximate surface area is 173 Å². The molecule has 2 atom stereocenters. The lowest BCUT2D eigenvalue weighted by molar-refractivity contribution is -0.136. The van der Waals surface area contributed by atoms with Gasteiger partial charge in [0.15, 0.2) is 0 Å². The molecule has 29 heavy (non-hydrogen) atoms. The number of benzene rings is 2. The fraction of sp³-hybridized carbons (Fsp3) is 0.480. The Balaban J connectivity index is 1.43. The van der Waals surface area contributed by atoms with E-state index in [0.29, 0.717) is 18.2 Å². The van der Waals surface area contributed by atoms with Crippen molar-refractivity contribution in [3.63, 3.8) is 0 Å². The molecule has 0 spiro atoms. The normalized spacial score (nSPS) is 28.1. The maximum Gasteiger partial charge on any atom is 0.223 e. The Bertz CT molecular complexity index is 871. The van der Waals surface area contributed by atoms with Gasteiger partial charge in [-0.3, -0.25) is 4.79 Å². The van der Waals surface area contributed by atoms with E-state index in [9.17, 15) is 4.79 Å². The molecule has 2 aromatic rings. The highest BCUT2D eigenvalue weighted by molar-refractivity contribution is 5.78. The number of methoxy groups -OCH3 is 1. The van der Waals surface area contributed by atoms with Gasteiger partial charge < -0.3 is 14.5 Å². The van der Waals surface area contributed by atoms with Gasteiger partial charge in [0.1, 0.15) is 5.75 Å². The van der Waals surface area contributed by atoms with E-state index < -0.39 is 0 Å². The van der Waals surface area contributed by atoms with Crippen LogP contribution < -0.4 is 4.74 Å². The first kappa shape index (κ1) is 18.7. The van der Waals surface area contributed by atoms with Gasteiger partial charge in [0, 0.05) is 19.5 Å². The topological polar surface area (TPSA) is 32.8 Å². The van der Waals surface area contributed by atoms with E-state index in [4.69, 9.17) is 4.74 Å². The Morgan fingerprint density at radius 3 is 2.48 bits per heavy atom. The molecule has 2 aromatic carbocycles. The van der Waals surface area contributed by atoms with Crippen molar-refractivity contribution in [3.05, 3.63) is 65.2 Å². The van der Waals surface area contributed by atoms with E-state index in [1.807, 2.05) is 12.1 Å². The number of hydrogen-bond donors (Lipinski definition) is 0. The van der Waals surface area contributed by atoms with Gasteiger partial charge in [-0.1, -0.05) is 36.4 Å². The average Bonchev–Trinajstić information content (AvgIpc) is 2.79. The van der Waals surface area contributed by atoms with Gasteiger partial charge >= 0.3 is 0 Å². The van der Waals surface area contributed by atoms with Crippen LogP contribution in [0.25, 0.3) is 0 Å². The van der Waals surface area contributed by atoms with Crippen LogP contribution in [-0.4, -0.2) is 49.0 Å². The number of hydrogen-bond acceptors (Lipinski definition) is 3. The molecule has 4 nitrogen and oxygen atoms in total. The molecular formula is C25H30N2O2. The third-order valence-corrected chi connectivity index (χ3v) is 7.26. The van der Waals surface area contributed by atoms with Crippen LogP contribution >= 0.6 is 0 Å². The Kier molecular flexibility index (Phi) is 5.04. The summed E-state index contributed by atoms with van der Waals surface area (Å²) < 4.78 is 5.34. The smallest absolute Gasteiger partial charge is 0.223 e. The highest BCUT2D eigenvalue weighted by Crippen LogP contribution is 2.39. The molecule has 6 rings (SSSR count). The maximum absolute atomic E-state index is 13.5. The lowest BCUT2D eigenvalue weighted by Gasteiger charge is -2.46. The van der Waals surface area contributed by atoms with Crippen LogP contribution in [0.2, 0.25) is 0 Å². The van der Waals surface area contributed by atoms with Gasteiger partial charge in [-0.2, -0.15) is 0 Å². The summed E-state index contributed by atoms with van der Waals surface area (Å²) in [5.74, 6) is 2.43. The number of rotatable bonds is 4. The van der Waals surface area contributed by atoms with Gasteiger partial charge in [-0.25, -0.2) is 0 Å². The first-order valence-electron chi connectivity index (χ1n) is 11.0. The fourth-order valence-electron chi connectivity index (χ4n) is 5.64. The standard InChI is InChI=1S/C25H30N2O2/c1-29-22-8-6-20(7-9-22)25-23-5-3-2-4-19(23)12-15-27(25)24(28)16-21-17-26-13-10-18(21)11-14-26/h2-9,18,21,25H,10-17H2,1H3/t21-,25+/m1/s1. The van der Waals surface area contributed by atoms with Crippen LogP contribution in [0.4, 0.5) is 0 Å². The highest BCUT2D eigenvalue weighted by Gasteiger charge is 2.38. The van der Waals surface area contributed by atoms with Gasteiger partial charge in [0.25, 0.3) is 0 Å². The van der Waals surface area contributed by atoms with E-state index in [1.54, 1.807) is 7.11 Å². The largest absolute Gasteiger partial charge is 0.497 e. The maximum atomic E-state index is 13.5. The Morgan fingerprint density at radius 2 is 1.79 bits per heavy atom. The molecule has 2 bridgehead atoms. The van der Waals surface area contributed by atoms with E-state index in [-0.39, 0.29) is 6.04 Å². The molecule has 0 saturated carbocycles. The third kappa shape index (κ3) is 3.55. The summed E-state index contributed by atoms with van der Waals surface area (Å²) in [4.78, 5) is 18.2. The number of fused-ring (bicyclic) bond motifs is 4. The molecule has 0 unspecified atom stereocenters. The second-order valence-electron chi connectivity index (χ2n) is 8.81. The molecule has 4 heterocycles. The summed E-state index contributed by atoms with van der Waals surface area (Å²) in [5, 5.41) is 0. The quantitative estimate of drug-likeness (QED) is 0.794. The SMILES string of the molecule is COc1ccc([C@H]2c3ccccc3CCN2C(=O)C[C@@H]2CN3CCC2CC3)cc1. The number of ether oxygens (including phenoxy) is 1. The second-order valence-corrected chi connectivity index (χ2v) is 8.81. The summed E-state index contributed by atoms with van der Waals surface area (Å²) in [6, 6.07) is 16.8. The summed E-state index contributed by atoms with van der Waals surface area (Å²) in [5.41, 5.74) is 3.80. The summed E-state index contributed by atoms with van der Waals surface area (Å²) in [7, 11) is 1.69. The van der Waals surface area contributed by atoms with Gasteiger partial charge in [0.2, 0.25) is 5.91 Å². The van der Waals surface area contributed by atoms with Crippen LogP contribution in [0.5, 0.6) is 5.75 Å². The lowest BCUT2D eigenvalue weighted by atomic mass is 9.77. The summed E-state index contributed by atoms with van der Waals surface area (Å²) in [6.07, 6.45) is 4.16. The van der Waals surface area contributed by atoms with Crippen molar-refractivity contribution >= 4 is 5.91 Å². The highest BCUT2D eigenvalue weighted by atomic mass is 16.5. The van der Waals surface area contributed by atoms with Crippen molar-refractivity contribution in [2.24, 2.45) is 11.8 Å². The average molecular weight is 391 g/mol. The van der Waals surface area contributed by atoms with E-state index in [0.717, 1.165) is 31.2 Å². The molecule has 3 fully saturated rings. The first-order chi connectivity index (χ1) is 14.2. The van der Waals surface area contributed by atoms with E-state index in [2.05, 4.69) is 46.2 Å². The van der Waals surface area contributed by atoms with Crippen molar-refractivity contribution in [3.8, 4) is 5.75 Å². The molecule has 1 amide bonds. The zero-order valence-electron chi connectivity index (χ0n) is 17.2. The molecular weight excluding hydrogens is 360 g/mol. The number of nitrogens with zero attached hydrogens (tertiary/aromatic N) is 2. The first-order valence-corrected chi connectivity index (χ1v) is 11.0. The molecule has 0 aliphatic carbocycles. The summed E-state index contributed by atoms with van der Waals surface area (Å²) in [6.45, 7) is 4.35. The van der Waals surface area contributed by atoms with Crippen LogP contribution in [0, 0.1) is 11.8 Å². The minimum atomic E-state index is -0.000518.